The number of benzene rings is 2. The molecule has 3 aromatic rings. The first-order valence-electron chi connectivity index (χ1n) is 8.43. The van der Waals surface area contributed by atoms with E-state index < -0.39 is 0 Å². The average molecular weight is 304 g/mol. The van der Waals surface area contributed by atoms with E-state index >= 15 is 0 Å². The second kappa shape index (κ2) is 7.28. The van der Waals surface area contributed by atoms with Gasteiger partial charge in [0.25, 0.3) is 0 Å². The van der Waals surface area contributed by atoms with Crippen molar-refractivity contribution in [1.82, 2.24) is 9.97 Å². The first-order chi connectivity index (χ1) is 11.2. The molecule has 3 rings (SSSR count). The Morgan fingerprint density at radius 1 is 0.913 bits per heavy atom. The predicted molar refractivity (Wildman–Crippen MR) is 96.6 cm³/mol. The van der Waals surface area contributed by atoms with E-state index in [0.29, 0.717) is 0 Å². The van der Waals surface area contributed by atoms with Crippen molar-refractivity contribution in [2.45, 2.75) is 39.5 Å². The molecule has 1 aromatic heterocycles. The maximum absolute atomic E-state index is 4.53. The Morgan fingerprint density at radius 2 is 1.61 bits per heavy atom. The Morgan fingerprint density at radius 3 is 2.30 bits per heavy atom. The number of aromatic amines is 1. The van der Waals surface area contributed by atoms with Crippen LogP contribution < -0.4 is 0 Å². The molecule has 2 aromatic carbocycles. The molecule has 0 amide bonds. The maximum atomic E-state index is 4.53. The second-order valence-electron chi connectivity index (χ2n) is 6.21. The monoisotopic (exact) mass is 304 g/mol. The van der Waals surface area contributed by atoms with Gasteiger partial charge >= 0.3 is 0 Å². The molecule has 1 N–H and O–H groups in total. The molecule has 1 heterocycles. The van der Waals surface area contributed by atoms with Gasteiger partial charge in [-0.05, 0) is 36.5 Å². The van der Waals surface area contributed by atoms with Gasteiger partial charge in [-0.25, -0.2) is 4.98 Å². The summed E-state index contributed by atoms with van der Waals surface area (Å²) in [5.74, 6) is 1.02. The Kier molecular flexibility index (Phi) is 4.92. The smallest absolute Gasteiger partial charge is 0.110 e. The van der Waals surface area contributed by atoms with Crippen LogP contribution >= 0.6 is 0 Å². The summed E-state index contributed by atoms with van der Waals surface area (Å²) in [6.45, 7) is 4.34. The van der Waals surface area contributed by atoms with Crippen LogP contribution in [0.3, 0.4) is 0 Å². The lowest BCUT2D eigenvalue weighted by Gasteiger charge is -2.03. The van der Waals surface area contributed by atoms with Gasteiger partial charge in [-0.3, -0.25) is 0 Å². The van der Waals surface area contributed by atoms with Crippen molar-refractivity contribution in [3.63, 3.8) is 0 Å². The van der Waals surface area contributed by atoms with E-state index in [9.17, 15) is 0 Å². The average Bonchev–Trinajstić information content (AvgIpc) is 3.03. The molecule has 0 aliphatic heterocycles. The molecule has 2 nitrogen and oxygen atoms in total. The fourth-order valence-corrected chi connectivity index (χ4v) is 2.73. The van der Waals surface area contributed by atoms with Gasteiger partial charge in [-0.15, -0.1) is 0 Å². The topological polar surface area (TPSA) is 28.7 Å². The molecule has 0 aliphatic rings. The molecule has 0 atom stereocenters. The molecule has 0 saturated carbocycles. The molecule has 118 valence electrons. The normalized spacial score (nSPS) is 10.9. The zero-order valence-corrected chi connectivity index (χ0v) is 14.0. The van der Waals surface area contributed by atoms with Crippen molar-refractivity contribution < 1.29 is 0 Å². The Balaban J connectivity index is 1.68. The van der Waals surface area contributed by atoms with Gasteiger partial charge in [0, 0.05) is 6.42 Å². The number of nitrogens with one attached hydrogen (secondary N) is 1. The zero-order valence-electron chi connectivity index (χ0n) is 14.0. The fourth-order valence-electron chi connectivity index (χ4n) is 2.73. The van der Waals surface area contributed by atoms with Crippen molar-refractivity contribution in [2.75, 3.05) is 0 Å². The fraction of sp³-hybridized carbons (Fsp3) is 0.286. The third-order valence-corrected chi connectivity index (χ3v) is 4.20. The lowest BCUT2D eigenvalue weighted by Crippen LogP contribution is -1.92. The molecule has 0 bridgehead atoms. The summed E-state index contributed by atoms with van der Waals surface area (Å²) in [5.41, 5.74) is 6.27. The molecule has 0 saturated heterocycles. The minimum atomic E-state index is 0.847. The van der Waals surface area contributed by atoms with Crippen LogP contribution in [-0.2, 0) is 12.8 Å². The highest BCUT2D eigenvalue weighted by atomic mass is 14.9. The van der Waals surface area contributed by atoms with Gasteiger partial charge in [-0.1, -0.05) is 67.4 Å². The van der Waals surface area contributed by atoms with Gasteiger partial charge in [0.2, 0.25) is 0 Å². The van der Waals surface area contributed by atoms with E-state index in [-0.39, 0.29) is 0 Å². The van der Waals surface area contributed by atoms with Crippen LogP contribution in [0.2, 0.25) is 0 Å². The molecule has 0 radical (unpaired) electrons. The predicted octanol–water partition coefficient (Wildman–Crippen LogP) is 5.32. The Labute approximate surface area is 138 Å². The molecular formula is C21H24N2. The molecule has 2 heteroatoms. The number of aryl methyl sites for hydroxylation is 2. The van der Waals surface area contributed by atoms with Gasteiger partial charge in [0.1, 0.15) is 5.82 Å². The largest absolute Gasteiger partial charge is 0.342 e. The van der Waals surface area contributed by atoms with Crippen LogP contribution in [0.1, 0.15) is 42.3 Å². The van der Waals surface area contributed by atoms with Crippen molar-refractivity contribution in [3.8, 4) is 11.3 Å². The third kappa shape index (κ3) is 4.10. The summed E-state index contributed by atoms with van der Waals surface area (Å²) in [6, 6.07) is 17.5. The number of H-pyrrole nitrogens is 1. The lowest BCUT2D eigenvalue weighted by molar-refractivity contribution is 0.794. The summed E-state index contributed by atoms with van der Waals surface area (Å²) in [6.07, 6.45) is 6.46. The number of imidazole rings is 1. The van der Waals surface area contributed by atoms with E-state index in [1.165, 1.54) is 41.5 Å². The van der Waals surface area contributed by atoms with Crippen LogP contribution in [0.4, 0.5) is 0 Å². The highest BCUT2D eigenvalue weighted by molar-refractivity contribution is 5.58. The molecule has 0 fully saturated rings. The molecular weight excluding hydrogens is 280 g/mol. The first kappa shape index (κ1) is 15.5. The number of aromatic nitrogens is 2. The maximum Gasteiger partial charge on any atom is 0.110 e. The van der Waals surface area contributed by atoms with Crippen molar-refractivity contribution >= 4 is 0 Å². The minimum Gasteiger partial charge on any atom is -0.342 e. The van der Waals surface area contributed by atoms with Gasteiger partial charge in [0.15, 0.2) is 0 Å². The lowest BCUT2D eigenvalue weighted by atomic mass is 10.0. The van der Waals surface area contributed by atoms with Crippen molar-refractivity contribution in [3.05, 3.63) is 77.2 Å². The van der Waals surface area contributed by atoms with Crippen molar-refractivity contribution in [2.24, 2.45) is 0 Å². The van der Waals surface area contributed by atoms with Crippen LogP contribution in [0.5, 0.6) is 0 Å². The number of hydrogen-bond acceptors (Lipinski definition) is 1. The molecule has 0 aliphatic carbocycles. The number of hydrogen-bond donors (Lipinski definition) is 1. The Bertz CT molecular complexity index is 736. The van der Waals surface area contributed by atoms with E-state index in [4.69, 9.17) is 0 Å². The standard InChI is InChI=1S/C21H24N2/c1-3-4-5-17-8-10-18(11-9-17)14-21-22-15-20(23-21)19-12-6-16(2)7-13-19/h6-13,15H,3-5,14H2,1-2H3,(H,22,23). The van der Waals surface area contributed by atoms with Crippen LogP contribution in [-0.4, -0.2) is 9.97 Å². The summed E-state index contributed by atoms with van der Waals surface area (Å²) in [7, 11) is 0. The van der Waals surface area contributed by atoms with Gasteiger partial charge in [-0.2, -0.15) is 0 Å². The molecule has 0 unspecified atom stereocenters. The van der Waals surface area contributed by atoms with E-state index in [1.54, 1.807) is 0 Å². The van der Waals surface area contributed by atoms with Crippen LogP contribution in [0.15, 0.2) is 54.7 Å². The van der Waals surface area contributed by atoms with Gasteiger partial charge in [0.05, 0.1) is 11.9 Å². The quantitative estimate of drug-likeness (QED) is 0.656. The SMILES string of the molecule is CCCCc1ccc(Cc2ncc(-c3ccc(C)cc3)[nH]2)cc1. The van der Waals surface area contributed by atoms with Crippen LogP contribution in [0, 0.1) is 6.92 Å². The van der Waals surface area contributed by atoms with Crippen molar-refractivity contribution in [1.29, 1.82) is 0 Å². The highest BCUT2D eigenvalue weighted by Gasteiger charge is 2.04. The summed E-state index contributed by atoms with van der Waals surface area (Å²) in [5, 5.41) is 0. The number of unbranched alkanes of at least 4 members (excludes halogenated alkanes) is 1. The second-order valence-corrected chi connectivity index (χ2v) is 6.21. The summed E-state index contributed by atoms with van der Waals surface area (Å²) >= 11 is 0. The van der Waals surface area contributed by atoms with Gasteiger partial charge < -0.3 is 4.98 Å². The summed E-state index contributed by atoms with van der Waals surface area (Å²) < 4.78 is 0. The molecule has 23 heavy (non-hydrogen) atoms. The first-order valence-corrected chi connectivity index (χ1v) is 8.43. The van der Waals surface area contributed by atoms with E-state index in [2.05, 4.69) is 72.3 Å². The Hall–Kier alpha value is -2.35. The van der Waals surface area contributed by atoms with Crippen LogP contribution in [0.25, 0.3) is 11.3 Å². The minimum absolute atomic E-state index is 0.847. The van der Waals surface area contributed by atoms with E-state index in [1.807, 2.05) is 6.20 Å². The zero-order chi connectivity index (χ0) is 16.1. The number of nitrogens with zero attached hydrogens (tertiary/aromatic N) is 1. The molecule has 0 spiro atoms. The summed E-state index contributed by atoms with van der Waals surface area (Å²) in [4.78, 5) is 7.96. The number of rotatable bonds is 6. The third-order valence-electron chi connectivity index (χ3n) is 4.20. The van der Waals surface area contributed by atoms with E-state index in [0.717, 1.165) is 17.9 Å². The highest BCUT2D eigenvalue weighted by Crippen LogP contribution is 2.19.